The Morgan fingerprint density at radius 2 is 1.58 bits per heavy atom. The number of amides is 1. The van der Waals surface area contributed by atoms with Crippen molar-refractivity contribution in [1.29, 1.82) is 0 Å². The summed E-state index contributed by atoms with van der Waals surface area (Å²) < 4.78 is 27.5. The monoisotopic (exact) mass is 520 g/mol. The summed E-state index contributed by atoms with van der Waals surface area (Å²) in [7, 11) is 6.15. The van der Waals surface area contributed by atoms with Gasteiger partial charge in [0, 0.05) is 17.5 Å². The first-order valence-electron chi connectivity index (χ1n) is 11.7. The molecule has 3 aromatic carbocycles. The molecule has 5 N–H and O–H groups in total. The van der Waals surface area contributed by atoms with Gasteiger partial charge in [-0.1, -0.05) is 23.4 Å². The summed E-state index contributed by atoms with van der Waals surface area (Å²) in [6.07, 6.45) is 2.01. The standard InChI is InChI=1S/C28H29N3O7/c1-34-23-10-7-17(12-22(23)31-28(33)21(29)11-16-5-8-19(32)9-6-16)20-15-30-38-26(20)18-13-24(35-2)27(37-4)25(14-18)36-3/h5-10,12-15,21,32H,11,29H2,1-4H3,(H,31,33)/p+1. The van der Waals surface area contributed by atoms with E-state index in [0.29, 0.717) is 52.0 Å². The molecule has 0 radical (unpaired) electrons. The van der Waals surface area contributed by atoms with Crippen molar-refractivity contribution in [3.63, 3.8) is 0 Å². The van der Waals surface area contributed by atoms with Gasteiger partial charge in [-0.05, 0) is 47.5 Å². The second-order valence-corrected chi connectivity index (χ2v) is 8.45. The van der Waals surface area contributed by atoms with Crippen LogP contribution in [-0.4, -0.2) is 50.7 Å². The minimum atomic E-state index is -0.571. The number of aromatic hydroxyl groups is 1. The fourth-order valence-corrected chi connectivity index (χ4v) is 4.08. The van der Waals surface area contributed by atoms with Crippen LogP contribution in [0, 0.1) is 0 Å². The van der Waals surface area contributed by atoms with E-state index in [9.17, 15) is 9.90 Å². The molecule has 0 saturated carbocycles. The average Bonchev–Trinajstić information content (AvgIpc) is 3.43. The highest BCUT2D eigenvalue weighted by molar-refractivity contribution is 5.96. The van der Waals surface area contributed by atoms with Crippen molar-refractivity contribution in [2.24, 2.45) is 0 Å². The molecule has 1 unspecified atom stereocenters. The summed E-state index contributed by atoms with van der Waals surface area (Å²) in [5, 5.41) is 16.4. The predicted molar refractivity (Wildman–Crippen MR) is 141 cm³/mol. The van der Waals surface area contributed by atoms with Crippen LogP contribution in [0.5, 0.6) is 28.7 Å². The first-order chi connectivity index (χ1) is 18.4. The number of anilines is 1. The Hall–Kier alpha value is -4.70. The van der Waals surface area contributed by atoms with Crippen LogP contribution >= 0.6 is 0 Å². The van der Waals surface area contributed by atoms with E-state index in [-0.39, 0.29) is 11.7 Å². The summed E-state index contributed by atoms with van der Waals surface area (Å²) in [5.74, 6) is 2.27. The Bertz CT molecular complexity index is 1390. The highest BCUT2D eigenvalue weighted by Crippen LogP contribution is 2.44. The molecule has 0 bridgehead atoms. The number of hydrogen-bond acceptors (Lipinski definition) is 8. The number of ether oxygens (including phenoxy) is 4. The van der Waals surface area contributed by atoms with Gasteiger partial charge in [-0.2, -0.15) is 0 Å². The second kappa shape index (κ2) is 11.6. The van der Waals surface area contributed by atoms with Gasteiger partial charge < -0.3 is 39.6 Å². The largest absolute Gasteiger partial charge is 0.508 e. The molecule has 0 aliphatic heterocycles. The van der Waals surface area contributed by atoms with Gasteiger partial charge in [-0.25, -0.2) is 0 Å². The summed E-state index contributed by atoms with van der Waals surface area (Å²) in [5.41, 5.74) is 7.47. The van der Waals surface area contributed by atoms with Crippen LogP contribution in [0.15, 0.2) is 65.3 Å². The van der Waals surface area contributed by atoms with Gasteiger partial charge in [-0.3, -0.25) is 4.79 Å². The number of carbonyl (C=O) groups excluding carboxylic acids is 1. The smallest absolute Gasteiger partial charge is 0.282 e. The molecule has 4 aromatic rings. The Morgan fingerprint density at radius 3 is 2.18 bits per heavy atom. The van der Waals surface area contributed by atoms with Crippen LogP contribution < -0.4 is 30.0 Å². The topological polar surface area (TPSA) is 140 Å². The van der Waals surface area contributed by atoms with Crippen molar-refractivity contribution in [1.82, 2.24) is 5.16 Å². The number of phenols is 1. The minimum absolute atomic E-state index is 0.167. The zero-order valence-electron chi connectivity index (χ0n) is 21.6. The number of nitrogens with zero attached hydrogens (tertiary/aromatic N) is 1. The van der Waals surface area contributed by atoms with E-state index in [1.807, 2.05) is 6.07 Å². The number of benzene rings is 3. The number of quaternary nitrogens is 1. The SMILES string of the molecule is COc1ccc(-c2cnoc2-c2cc(OC)c(OC)c(OC)c2)cc1NC(=O)C([NH3+])Cc1ccc(O)cc1. The minimum Gasteiger partial charge on any atom is -0.508 e. The van der Waals surface area contributed by atoms with Gasteiger partial charge >= 0.3 is 0 Å². The quantitative estimate of drug-likeness (QED) is 0.288. The van der Waals surface area contributed by atoms with Crippen molar-refractivity contribution < 1.29 is 39.1 Å². The number of rotatable bonds is 10. The fraction of sp³-hybridized carbons (Fsp3) is 0.214. The molecule has 10 nitrogen and oxygen atoms in total. The summed E-state index contributed by atoms with van der Waals surface area (Å²) in [4.78, 5) is 13.0. The molecule has 0 aliphatic rings. The van der Waals surface area contributed by atoms with E-state index in [1.165, 1.54) is 28.4 Å². The molecule has 0 spiro atoms. The van der Waals surface area contributed by atoms with E-state index >= 15 is 0 Å². The molecular formula is C28H30N3O7+. The summed E-state index contributed by atoms with van der Waals surface area (Å²) in [6.45, 7) is 0. The Kier molecular flexibility index (Phi) is 8.03. The van der Waals surface area contributed by atoms with Gasteiger partial charge in [0.1, 0.15) is 11.5 Å². The number of carbonyl (C=O) groups is 1. The molecular weight excluding hydrogens is 490 g/mol. The van der Waals surface area contributed by atoms with Gasteiger partial charge in [0.15, 0.2) is 23.3 Å². The Balaban J connectivity index is 1.64. The molecule has 0 fully saturated rings. The predicted octanol–water partition coefficient (Wildman–Crippen LogP) is 3.54. The molecule has 38 heavy (non-hydrogen) atoms. The van der Waals surface area contributed by atoms with Crippen molar-refractivity contribution in [3.8, 4) is 51.2 Å². The Labute approximate surface area is 219 Å². The van der Waals surface area contributed by atoms with Crippen LogP contribution in [0.1, 0.15) is 5.56 Å². The molecule has 1 aromatic heterocycles. The highest BCUT2D eigenvalue weighted by Gasteiger charge is 2.22. The molecule has 198 valence electrons. The summed E-state index contributed by atoms with van der Waals surface area (Å²) in [6, 6.07) is 15.1. The number of methoxy groups -OCH3 is 4. The third kappa shape index (κ3) is 5.50. The summed E-state index contributed by atoms with van der Waals surface area (Å²) >= 11 is 0. The van der Waals surface area contributed by atoms with Crippen LogP contribution in [0.2, 0.25) is 0 Å². The normalized spacial score (nSPS) is 11.5. The third-order valence-electron chi connectivity index (χ3n) is 6.05. The first-order valence-corrected chi connectivity index (χ1v) is 11.7. The van der Waals surface area contributed by atoms with Gasteiger partial charge in [0.05, 0.1) is 40.3 Å². The Morgan fingerprint density at radius 1 is 0.921 bits per heavy atom. The van der Waals surface area contributed by atoms with Gasteiger partial charge in [0.25, 0.3) is 5.91 Å². The van der Waals surface area contributed by atoms with Gasteiger partial charge in [-0.15, -0.1) is 0 Å². The van der Waals surface area contributed by atoms with E-state index in [0.717, 1.165) is 11.1 Å². The van der Waals surface area contributed by atoms with Crippen molar-refractivity contribution in [2.75, 3.05) is 33.8 Å². The molecule has 4 rings (SSSR count). The van der Waals surface area contributed by atoms with Crippen molar-refractivity contribution in [2.45, 2.75) is 12.5 Å². The number of phenolic OH excluding ortho intramolecular Hbond substituents is 1. The third-order valence-corrected chi connectivity index (χ3v) is 6.05. The second-order valence-electron chi connectivity index (χ2n) is 8.45. The van der Waals surface area contributed by atoms with Crippen LogP contribution in [0.25, 0.3) is 22.5 Å². The first kappa shape index (κ1) is 26.4. The van der Waals surface area contributed by atoms with E-state index in [1.54, 1.807) is 54.7 Å². The van der Waals surface area contributed by atoms with Gasteiger partial charge in [0.2, 0.25) is 5.75 Å². The molecule has 10 heteroatoms. The lowest BCUT2D eigenvalue weighted by Crippen LogP contribution is -2.67. The van der Waals surface area contributed by atoms with Crippen molar-refractivity contribution in [3.05, 3.63) is 66.4 Å². The number of nitrogens with one attached hydrogen (secondary N) is 1. The van der Waals surface area contributed by atoms with Crippen LogP contribution in [0.3, 0.4) is 0 Å². The lowest BCUT2D eigenvalue weighted by atomic mass is 10.0. The van der Waals surface area contributed by atoms with E-state index in [4.69, 9.17) is 23.5 Å². The lowest BCUT2D eigenvalue weighted by molar-refractivity contribution is -0.402. The zero-order valence-corrected chi connectivity index (χ0v) is 21.6. The fourth-order valence-electron chi connectivity index (χ4n) is 4.08. The van der Waals surface area contributed by atoms with Crippen LogP contribution in [-0.2, 0) is 11.2 Å². The maximum atomic E-state index is 13.0. The number of aromatic nitrogens is 1. The molecule has 0 aliphatic carbocycles. The molecule has 0 saturated heterocycles. The van der Waals surface area contributed by atoms with Crippen molar-refractivity contribution >= 4 is 11.6 Å². The lowest BCUT2D eigenvalue weighted by Gasteiger charge is -2.15. The zero-order chi connectivity index (χ0) is 27.2. The van der Waals surface area contributed by atoms with E-state index < -0.39 is 6.04 Å². The highest BCUT2D eigenvalue weighted by atomic mass is 16.5. The molecule has 1 amide bonds. The maximum Gasteiger partial charge on any atom is 0.282 e. The van der Waals surface area contributed by atoms with Crippen LogP contribution in [0.4, 0.5) is 5.69 Å². The van der Waals surface area contributed by atoms with E-state index in [2.05, 4.69) is 16.2 Å². The number of hydrogen-bond donors (Lipinski definition) is 3. The molecule has 1 heterocycles. The molecule has 1 atom stereocenters. The average molecular weight is 521 g/mol. The maximum absolute atomic E-state index is 13.0.